The molecular weight excluding hydrogens is 240 g/mol. The highest BCUT2D eigenvalue weighted by Crippen LogP contribution is 2.06. The lowest BCUT2D eigenvalue weighted by molar-refractivity contribution is -0.132. The summed E-state index contributed by atoms with van der Waals surface area (Å²) in [6.45, 7) is 6.25. The predicted octanol–water partition coefficient (Wildman–Crippen LogP) is 0.428. The minimum atomic E-state index is 0.156. The van der Waals surface area contributed by atoms with Gasteiger partial charge in [0.2, 0.25) is 5.91 Å². The number of carbonyl (C=O) groups excluding carboxylic acids is 1. The molecule has 1 aliphatic heterocycles. The molecule has 1 amide bonds. The number of aryl methyl sites for hydroxylation is 1. The maximum atomic E-state index is 12.1. The number of H-pyrrole nitrogens is 1. The Bertz CT molecular complexity index is 466. The summed E-state index contributed by atoms with van der Waals surface area (Å²) < 4.78 is 0. The van der Waals surface area contributed by atoms with E-state index in [1.807, 2.05) is 17.9 Å². The van der Waals surface area contributed by atoms with Gasteiger partial charge in [-0.3, -0.25) is 14.8 Å². The zero-order valence-corrected chi connectivity index (χ0v) is 11.4. The third kappa shape index (κ3) is 3.83. The number of rotatable bonds is 4. The zero-order valence-electron chi connectivity index (χ0n) is 11.4. The van der Waals surface area contributed by atoms with E-state index < -0.39 is 0 Å². The van der Waals surface area contributed by atoms with Crippen molar-refractivity contribution in [1.82, 2.24) is 20.0 Å². The van der Waals surface area contributed by atoms with Crippen LogP contribution in [0.3, 0.4) is 0 Å². The van der Waals surface area contributed by atoms with Crippen LogP contribution in [0.2, 0.25) is 0 Å². The van der Waals surface area contributed by atoms with Crippen LogP contribution in [0, 0.1) is 19.3 Å². The van der Waals surface area contributed by atoms with Crippen LogP contribution < -0.4 is 0 Å². The lowest BCUT2D eigenvalue weighted by Crippen LogP contribution is -2.49. The second-order valence-corrected chi connectivity index (χ2v) is 4.90. The molecule has 1 aliphatic rings. The van der Waals surface area contributed by atoms with Gasteiger partial charge in [-0.15, -0.1) is 12.3 Å². The van der Waals surface area contributed by atoms with Gasteiger partial charge in [-0.1, -0.05) is 0 Å². The Morgan fingerprint density at radius 1 is 1.47 bits per heavy atom. The SMILES string of the molecule is C#CCCN1CCN(C(=O)Cc2cc(C)[nH]n2)CC1. The van der Waals surface area contributed by atoms with Gasteiger partial charge in [0.25, 0.3) is 0 Å². The van der Waals surface area contributed by atoms with E-state index in [4.69, 9.17) is 6.42 Å². The van der Waals surface area contributed by atoms with Crippen LogP contribution in [0.1, 0.15) is 17.8 Å². The van der Waals surface area contributed by atoms with Gasteiger partial charge < -0.3 is 4.90 Å². The zero-order chi connectivity index (χ0) is 13.7. The van der Waals surface area contributed by atoms with Crippen molar-refractivity contribution >= 4 is 5.91 Å². The van der Waals surface area contributed by atoms with E-state index in [2.05, 4.69) is 21.0 Å². The van der Waals surface area contributed by atoms with Gasteiger partial charge in [-0.25, -0.2) is 0 Å². The molecule has 0 aromatic carbocycles. The van der Waals surface area contributed by atoms with Crippen molar-refractivity contribution in [2.45, 2.75) is 19.8 Å². The number of aromatic amines is 1. The number of piperazine rings is 1. The Kier molecular flexibility index (Phi) is 4.58. The molecule has 19 heavy (non-hydrogen) atoms. The van der Waals surface area contributed by atoms with Crippen LogP contribution in [0.5, 0.6) is 0 Å². The number of hydrogen-bond acceptors (Lipinski definition) is 3. The molecule has 1 fully saturated rings. The number of terminal acetylenes is 1. The summed E-state index contributed by atoms with van der Waals surface area (Å²) in [6, 6.07) is 1.92. The monoisotopic (exact) mass is 260 g/mol. The quantitative estimate of drug-likeness (QED) is 0.799. The summed E-state index contributed by atoms with van der Waals surface area (Å²) in [6.07, 6.45) is 6.42. The molecule has 0 aliphatic carbocycles. The number of hydrogen-bond donors (Lipinski definition) is 1. The van der Waals surface area contributed by atoms with Crippen LogP contribution >= 0.6 is 0 Å². The maximum Gasteiger partial charge on any atom is 0.228 e. The third-order valence-electron chi connectivity index (χ3n) is 3.39. The van der Waals surface area contributed by atoms with Crippen molar-refractivity contribution in [3.05, 3.63) is 17.5 Å². The van der Waals surface area contributed by atoms with Gasteiger partial charge in [0.15, 0.2) is 0 Å². The summed E-state index contributed by atoms with van der Waals surface area (Å²) >= 11 is 0. The average Bonchev–Trinajstić information content (AvgIpc) is 2.82. The first kappa shape index (κ1) is 13.6. The Morgan fingerprint density at radius 2 is 2.21 bits per heavy atom. The highest BCUT2D eigenvalue weighted by atomic mass is 16.2. The maximum absolute atomic E-state index is 12.1. The fourth-order valence-electron chi connectivity index (χ4n) is 2.28. The molecule has 1 aromatic rings. The van der Waals surface area contributed by atoms with Gasteiger partial charge in [-0.05, 0) is 13.0 Å². The Morgan fingerprint density at radius 3 is 2.79 bits per heavy atom. The minimum Gasteiger partial charge on any atom is -0.340 e. The van der Waals surface area contributed by atoms with Crippen LogP contribution in [-0.2, 0) is 11.2 Å². The van der Waals surface area contributed by atoms with Gasteiger partial charge >= 0.3 is 0 Å². The van der Waals surface area contributed by atoms with Gasteiger partial charge in [-0.2, -0.15) is 5.10 Å². The van der Waals surface area contributed by atoms with E-state index in [0.717, 1.165) is 50.5 Å². The molecular formula is C14H20N4O. The van der Waals surface area contributed by atoms with Crippen molar-refractivity contribution in [2.75, 3.05) is 32.7 Å². The first-order valence-electron chi connectivity index (χ1n) is 6.63. The third-order valence-corrected chi connectivity index (χ3v) is 3.39. The Labute approximate surface area is 114 Å². The first-order valence-corrected chi connectivity index (χ1v) is 6.63. The second-order valence-electron chi connectivity index (χ2n) is 4.90. The molecule has 1 aromatic heterocycles. The van der Waals surface area contributed by atoms with Crippen LogP contribution in [0.25, 0.3) is 0 Å². The number of aromatic nitrogens is 2. The van der Waals surface area contributed by atoms with Crippen molar-refractivity contribution in [3.8, 4) is 12.3 Å². The highest BCUT2D eigenvalue weighted by molar-refractivity contribution is 5.78. The second kappa shape index (κ2) is 6.39. The lowest BCUT2D eigenvalue weighted by atomic mass is 10.2. The Hall–Kier alpha value is -1.80. The number of amides is 1. The van der Waals surface area contributed by atoms with Gasteiger partial charge in [0.05, 0.1) is 12.1 Å². The smallest absolute Gasteiger partial charge is 0.228 e. The first-order chi connectivity index (χ1) is 9.19. The Balaban J connectivity index is 1.78. The van der Waals surface area contributed by atoms with Crippen molar-refractivity contribution in [3.63, 3.8) is 0 Å². The van der Waals surface area contributed by atoms with Crippen LogP contribution in [-0.4, -0.2) is 58.6 Å². The predicted molar refractivity (Wildman–Crippen MR) is 73.5 cm³/mol. The molecule has 0 atom stereocenters. The summed E-state index contributed by atoms with van der Waals surface area (Å²) in [5.74, 6) is 2.81. The normalized spacial score (nSPS) is 16.3. The van der Waals surface area contributed by atoms with E-state index in [-0.39, 0.29) is 5.91 Å². The highest BCUT2D eigenvalue weighted by Gasteiger charge is 2.21. The lowest BCUT2D eigenvalue weighted by Gasteiger charge is -2.34. The number of nitrogens with one attached hydrogen (secondary N) is 1. The standard InChI is InChI=1S/C14H20N4O/c1-3-4-5-17-6-8-18(9-7-17)14(19)11-13-10-12(2)15-16-13/h1,10H,4-9,11H2,2H3,(H,15,16). The molecule has 5 nitrogen and oxygen atoms in total. The summed E-state index contributed by atoms with van der Waals surface area (Å²) in [4.78, 5) is 16.3. The van der Waals surface area contributed by atoms with E-state index in [1.54, 1.807) is 0 Å². The van der Waals surface area contributed by atoms with E-state index in [0.29, 0.717) is 6.42 Å². The molecule has 0 spiro atoms. The van der Waals surface area contributed by atoms with E-state index >= 15 is 0 Å². The van der Waals surface area contributed by atoms with Crippen LogP contribution in [0.15, 0.2) is 6.07 Å². The molecule has 0 bridgehead atoms. The fourth-order valence-corrected chi connectivity index (χ4v) is 2.28. The summed E-state index contributed by atoms with van der Waals surface area (Å²) in [5, 5.41) is 6.96. The summed E-state index contributed by atoms with van der Waals surface area (Å²) in [5.41, 5.74) is 1.80. The molecule has 5 heteroatoms. The van der Waals surface area contributed by atoms with Gasteiger partial charge in [0.1, 0.15) is 0 Å². The molecule has 1 saturated heterocycles. The number of carbonyl (C=O) groups is 1. The fraction of sp³-hybridized carbons (Fsp3) is 0.571. The largest absolute Gasteiger partial charge is 0.340 e. The summed E-state index contributed by atoms with van der Waals surface area (Å²) in [7, 11) is 0. The van der Waals surface area contributed by atoms with Crippen LogP contribution in [0.4, 0.5) is 0 Å². The molecule has 0 saturated carbocycles. The topological polar surface area (TPSA) is 52.2 Å². The van der Waals surface area contributed by atoms with Crippen molar-refractivity contribution in [1.29, 1.82) is 0 Å². The molecule has 1 N–H and O–H groups in total. The molecule has 0 radical (unpaired) electrons. The molecule has 2 heterocycles. The minimum absolute atomic E-state index is 0.156. The molecule has 0 unspecified atom stereocenters. The molecule has 102 valence electrons. The van der Waals surface area contributed by atoms with Crippen molar-refractivity contribution in [2.24, 2.45) is 0 Å². The van der Waals surface area contributed by atoms with E-state index in [1.165, 1.54) is 0 Å². The molecule has 2 rings (SSSR count). The number of nitrogens with zero attached hydrogens (tertiary/aromatic N) is 3. The van der Waals surface area contributed by atoms with E-state index in [9.17, 15) is 4.79 Å². The average molecular weight is 260 g/mol. The van der Waals surface area contributed by atoms with Gasteiger partial charge in [0, 0.05) is 44.8 Å². The van der Waals surface area contributed by atoms with Crippen molar-refractivity contribution < 1.29 is 4.79 Å².